The molecule has 4 heterocycles. The average molecular weight is 427 g/mol. The lowest BCUT2D eigenvalue weighted by atomic mass is 9.85. The predicted molar refractivity (Wildman–Crippen MR) is 105 cm³/mol. The van der Waals surface area contributed by atoms with E-state index in [9.17, 15) is 23.6 Å². The zero-order valence-corrected chi connectivity index (χ0v) is 16.7. The molecule has 3 aliphatic rings. The number of nitrogens with zero attached hydrogens (tertiary/aromatic N) is 3. The number of hydrogen-bond donors (Lipinski definition) is 2. The number of pyridine rings is 1. The normalized spacial score (nSPS) is 26.2. The number of aromatic nitrogens is 2. The van der Waals surface area contributed by atoms with Gasteiger partial charge in [-0.1, -0.05) is 0 Å². The summed E-state index contributed by atoms with van der Waals surface area (Å²) < 4.78 is 15.4. The molecule has 2 N–H and O–H groups in total. The highest BCUT2D eigenvalue weighted by Gasteiger charge is 2.45. The molecule has 2 aromatic heterocycles. The fraction of sp³-hybridized carbons (Fsp3) is 0.476. The summed E-state index contributed by atoms with van der Waals surface area (Å²) in [5.74, 6) is -2.22. The molecular formula is C21H22FN5O4. The molecule has 31 heavy (non-hydrogen) atoms. The van der Waals surface area contributed by atoms with Crippen LogP contribution in [0.4, 0.5) is 4.39 Å². The van der Waals surface area contributed by atoms with Crippen LogP contribution in [0.25, 0.3) is 5.52 Å². The number of rotatable bonds is 3. The smallest absolute Gasteiger partial charge is 0.290 e. The minimum atomic E-state index is -0.649. The summed E-state index contributed by atoms with van der Waals surface area (Å²) >= 11 is 0. The van der Waals surface area contributed by atoms with Crippen LogP contribution in [0.15, 0.2) is 24.5 Å². The Labute approximate surface area is 177 Å². The van der Waals surface area contributed by atoms with Gasteiger partial charge >= 0.3 is 0 Å². The van der Waals surface area contributed by atoms with Gasteiger partial charge < -0.3 is 10.2 Å². The number of carbonyl (C=O) groups is 4. The Kier molecular flexibility index (Phi) is 4.71. The number of amides is 4. The zero-order chi connectivity index (χ0) is 21.7. The summed E-state index contributed by atoms with van der Waals surface area (Å²) in [4.78, 5) is 54.9. The van der Waals surface area contributed by atoms with Crippen LogP contribution in [0.2, 0.25) is 0 Å². The number of nitrogens with one attached hydrogen (secondary N) is 2. The third-order valence-electron chi connectivity index (χ3n) is 6.64. The van der Waals surface area contributed by atoms with Gasteiger partial charge in [0, 0.05) is 37.7 Å². The molecule has 4 amide bonds. The number of imide groups is 1. The molecule has 5 rings (SSSR count). The first-order valence-corrected chi connectivity index (χ1v) is 10.5. The van der Waals surface area contributed by atoms with Crippen molar-refractivity contribution in [2.75, 3.05) is 6.54 Å². The van der Waals surface area contributed by atoms with E-state index in [-0.39, 0.29) is 54.0 Å². The second-order valence-electron chi connectivity index (χ2n) is 8.57. The topological polar surface area (TPSA) is 113 Å². The van der Waals surface area contributed by atoms with E-state index in [4.69, 9.17) is 0 Å². The fourth-order valence-electron chi connectivity index (χ4n) is 5.10. The summed E-state index contributed by atoms with van der Waals surface area (Å²) in [7, 11) is 0. The molecule has 3 atom stereocenters. The van der Waals surface area contributed by atoms with Crippen molar-refractivity contribution in [1.82, 2.24) is 24.9 Å². The second kappa shape index (κ2) is 7.44. The standard InChI is InChI=1S/C21H22FN5O4/c22-14-2-1-5-26-16(14)9-23-19(26)21(31)27-10-12-6-13(27)3-4-15(12)24-20(30)11-7-17(28)25-18(29)8-11/h1-2,5,9,11-13,15H,3-4,6-8,10H2,(H,24,30)(H,25,28,29). The molecule has 3 fully saturated rings. The molecule has 2 aromatic rings. The number of imidazole rings is 1. The van der Waals surface area contributed by atoms with Gasteiger partial charge in [0.1, 0.15) is 11.3 Å². The highest BCUT2D eigenvalue weighted by atomic mass is 19.1. The van der Waals surface area contributed by atoms with Gasteiger partial charge in [0.25, 0.3) is 5.91 Å². The van der Waals surface area contributed by atoms with Gasteiger partial charge in [-0.25, -0.2) is 9.37 Å². The summed E-state index contributed by atoms with van der Waals surface area (Å²) in [6.45, 7) is 0.475. The van der Waals surface area contributed by atoms with Crippen molar-refractivity contribution in [3.05, 3.63) is 36.2 Å². The van der Waals surface area contributed by atoms with Gasteiger partial charge in [-0.2, -0.15) is 0 Å². The number of likely N-dealkylation sites (tertiary alicyclic amines) is 1. The molecule has 162 valence electrons. The Morgan fingerprint density at radius 1 is 1.19 bits per heavy atom. The molecule has 3 unspecified atom stereocenters. The van der Waals surface area contributed by atoms with E-state index in [1.807, 2.05) is 0 Å². The largest absolute Gasteiger partial charge is 0.353 e. The minimum Gasteiger partial charge on any atom is -0.353 e. The lowest BCUT2D eigenvalue weighted by Gasteiger charge is -2.30. The van der Waals surface area contributed by atoms with Crippen LogP contribution in [0, 0.1) is 17.7 Å². The molecule has 9 nitrogen and oxygen atoms in total. The number of fused-ring (bicyclic) bond motifs is 3. The summed E-state index contributed by atoms with van der Waals surface area (Å²) in [5, 5.41) is 5.22. The highest BCUT2D eigenvalue weighted by Crippen LogP contribution is 2.37. The first-order valence-electron chi connectivity index (χ1n) is 10.5. The molecule has 2 aliphatic heterocycles. The van der Waals surface area contributed by atoms with Crippen molar-refractivity contribution in [2.45, 2.75) is 44.2 Å². The number of piperidine rings is 1. The quantitative estimate of drug-likeness (QED) is 0.698. The predicted octanol–water partition coefficient (Wildman–Crippen LogP) is 0.635. The van der Waals surface area contributed by atoms with E-state index in [0.29, 0.717) is 13.0 Å². The molecule has 0 radical (unpaired) electrons. The molecule has 0 aromatic carbocycles. The van der Waals surface area contributed by atoms with Crippen molar-refractivity contribution < 1.29 is 23.6 Å². The maximum absolute atomic E-state index is 14.0. The van der Waals surface area contributed by atoms with Crippen molar-refractivity contribution in [2.24, 2.45) is 11.8 Å². The molecule has 2 saturated heterocycles. The van der Waals surface area contributed by atoms with E-state index in [1.165, 1.54) is 22.7 Å². The van der Waals surface area contributed by atoms with Crippen LogP contribution in [0.5, 0.6) is 0 Å². The minimum absolute atomic E-state index is 0.00567. The van der Waals surface area contributed by atoms with Crippen molar-refractivity contribution in [3.8, 4) is 0 Å². The molecule has 10 heteroatoms. The van der Waals surface area contributed by atoms with E-state index in [2.05, 4.69) is 15.6 Å². The molecular weight excluding hydrogens is 405 g/mol. The Bertz CT molecular complexity index is 1080. The second-order valence-corrected chi connectivity index (χ2v) is 8.57. The Morgan fingerprint density at radius 3 is 2.74 bits per heavy atom. The number of halogens is 1. The molecule has 1 saturated carbocycles. The van der Waals surface area contributed by atoms with Gasteiger partial charge in [0.05, 0.1) is 12.1 Å². The molecule has 0 spiro atoms. The van der Waals surface area contributed by atoms with Gasteiger partial charge in [-0.15, -0.1) is 0 Å². The maximum Gasteiger partial charge on any atom is 0.290 e. The van der Waals surface area contributed by atoms with E-state index < -0.39 is 23.5 Å². The summed E-state index contributed by atoms with van der Waals surface area (Å²) in [5.41, 5.74) is 0.254. The van der Waals surface area contributed by atoms with Crippen LogP contribution >= 0.6 is 0 Å². The van der Waals surface area contributed by atoms with Crippen LogP contribution in [-0.2, 0) is 14.4 Å². The lowest BCUT2D eigenvalue weighted by molar-refractivity contribution is -0.141. The Hall–Kier alpha value is -3.30. The lowest BCUT2D eigenvalue weighted by Crippen LogP contribution is -2.49. The van der Waals surface area contributed by atoms with Crippen molar-refractivity contribution >= 4 is 29.1 Å². The molecule has 1 aliphatic carbocycles. The monoisotopic (exact) mass is 427 g/mol. The van der Waals surface area contributed by atoms with Gasteiger partial charge in [-0.05, 0) is 37.3 Å². The van der Waals surface area contributed by atoms with Crippen molar-refractivity contribution in [1.29, 1.82) is 0 Å². The van der Waals surface area contributed by atoms with Gasteiger partial charge in [0.15, 0.2) is 0 Å². The summed E-state index contributed by atoms with van der Waals surface area (Å²) in [6.07, 6.45) is 5.19. The fourth-order valence-corrected chi connectivity index (χ4v) is 5.10. The van der Waals surface area contributed by atoms with Crippen LogP contribution in [0.3, 0.4) is 0 Å². The molecule has 2 bridgehead atoms. The zero-order valence-electron chi connectivity index (χ0n) is 16.7. The maximum atomic E-state index is 14.0. The van der Waals surface area contributed by atoms with Crippen LogP contribution in [0.1, 0.15) is 42.7 Å². The SMILES string of the molecule is O=C1CC(C(=O)NC2CCC3CC2CN3C(=O)c2ncc3c(F)cccn23)CC(=O)N1. The van der Waals surface area contributed by atoms with Crippen molar-refractivity contribution in [3.63, 3.8) is 0 Å². The number of carbonyl (C=O) groups excluding carboxylic acids is 4. The first-order chi connectivity index (χ1) is 14.9. The third kappa shape index (κ3) is 3.45. The number of hydrogen-bond acceptors (Lipinski definition) is 5. The first kappa shape index (κ1) is 19.7. The highest BCUT2D eigenvalue weighted by molar-refractivity contribution is 6.02. The third-order valence-corrected chi connectivity index (χ3v) is 6.64. The Morgan fingerprint density at radius 2 is 1.97 bits per heavy atom. The van der Waals surface area contributed by atoms with E-state index >= 15 is 0 Å². The van der Waals surface area contributed by atoms with Gasteiger partial charge in [-0.3, -0.25) is 28.9 Å². The Balaban J connectivity index is 1.28. The van der Waals surface area contributed by atoms with E-state index in [0.717, 1.165) is 12.8 Å². The summed E-state index contributed by atoms with van der Waals surface area (Å²) in [6, 6.07) is 2.79. The average Bonchev–Trinajstić information content (AvgIpc) is 3.31. The van der Waals surface area contributed by atoms with E-state index in [1.54, 1.807) is 11.1 Å². The van der Waals surface area contributed by atoms with Crippen LogP contribution < -0.4 is 10.6 Å². The van der Waals surface area contributed by atoms with Gasteiger partial charge in [0.2, 0.25) is 23.5 Å². The van der Waals surface area contributed by atoms with Crippen LogP contribution in [-0.4, -0.2) is 56.5 Å².